The Morgan fingerprint density at radius 1 is 1.42 bits per heavy atom. The lowest BCUT2D eigenvalue weighted by Crippen LogP contribution is -2.05. The lowest BCUT2D eigenvalue weighted by molar-refractivity contribution is 0.0464. The van der Waals surface area contributed by atoms with Crippen molar-refractivity contribution in [3.05, 3.63) is 46.8 Å². The van der Waals surface area contributed by atoms with E-state index < -0.39 is 0 Å². The van der Waals surface area contributed by atoms with E-state index in [0.29, 0.717) is 17.0 Å². The number of esters is 1. The van der Waals surface area contributed by atoms with Crippen molar-refractivity contribution in [3.63, 3.8) is 0 Å². The first-order valence-corrected chi connectivity index (χ1v) is 6.53. The summed E-state index contributed by atoms with van der Waals surface area (Å²) in [6, 6.07) is 7.03. The molecule has 0 N–H and O–H groups in total. The van der Waals surface area contributed by atoms with Crippen LogP contribution >= 0.6 is 11.3 Å². The molecule has 2 heterocycles. The molecule has 3 rings (SSSR count). The number of rotatable bonds is 3. The second kappa shape index (κ2) is 4.81. The van der Waals surface area contributed by atoms with E-state index in [-0.39, 0.29) is 12.6 Å². The van der Waals surface area contributed by atoms with Crippen molar-refractivity contribution in [2.75, 3.05) is 0 Å². The van der Waals surface area contributed by atoms with Crippen LogP contribution in [0.25, 0.3) is 10.2 Å². The third-order valence-electron chi connectivity index (χ3n) is 2.59. The van der Waals surface area contributed by atoms with Crippen molar-refractivity contribution in [3.8, 4) is 0 Å². The molecule has 5 nitrogen and oxygen atoms in total. The van der Waals surface area contributed by atoms with E-state index >= 15 is 0 Å². The molecule has 3 aromatic rings. The maximum absolute atomic E-state index is 11.9. The van der Waals surface area contributed by atoms with E-state index in [4.69, 9.17) is 9.26 Å². The monoisotopic (exact) mass is 274 g/mol. The summed E-state index contributed by atoms with van der Waals surface area (Å²) in [6.07, 6.45) is 0. The molecule has 0 radical (unpaired) electrons. The molecular weight excluding hydrogens is 264 g/mol. The molecule has 0 saturated heterocycles. The molecule has 2 aromatic heterocycles. The molecule has 1 aromatic carbocycles. The number of nitrogens with zero attached hydrogens (tertiary/aromatic N) is 2. The van der Waals surface area contributed by atoms with Crippen LogP contribution in [0.2, 0.25) is 0 Å². The van der Waals surface area contributed by atoms with Gasteiger partial charge in [-0.1, -0.05) is 5.16 Å². The second-order valence-electron chi connectivity index (χ2n) is 4.04. The average Bonchev–Trinajstić information content (AvgIpc) is 3.03. The number of hydrogen-bond donors (Lipinski definition) is 0. The fourth-order valence-electron chi connectivity index (χ4n) is 1.69. The van der Waals surface area contributed by atoms with Gasteiger partial charge in [0.25, 0.3) is 0 Å². The maximum atomic E-state index is 11.9. The van der Waals surface area contributed by atoms with Gasteiger partial charge in [0.1, 0.15) is 18.1 Å². The number of aryl methyl sites for hydroxylation is 1. The lowest BCUT2D eigenvalue weighted by atomic mass is 10.2. The minimum absolute atomic E-state index is 0.108. The Bertz CT molecular complexity index is 732. The quantitative estimate of drug-likeness (QED) is 0.687. The Hall–Kier alpha value is -2.21. The molecule has 0 aliphatic carbocycles. The molecular formula is C13H10N2O3S. The fourth-order valence-corrected chi connectivity index (χ4v) is 2.41. The van der Waals surface area contributed by atoms with Crippen LogP contribution in [0.1, 0.15) is 21.8 Å². The van der Waals surface area contributed by atoms with Gasteiger partial charge < -0.3 is 9.26 Å². The molecule has 0 saturated carbocycles. The van der Waals surface area contributed by atoms with Gasteiger partial charge in [-0.3, -0.25) is 0 Å². The van der Waals surface area contributed by atoms with Gasteiger partial charge in [0.2, 0.25) is 0 Å². The topological polar surface area (TPSA) is 65.2 Å². The first-order chi connectivity index (χ1) is 9.22. The number of carbonyl (C=O) groups excluding carboxylic acids is 1. The van der Waals surface area contributed by atoms with Crippen molar-refractivity contribution in [2.45, 2.75) is 13.5 Å². The van der Waals surface area contributed by atoms with Crippen LogP contribution in [0, 0.1) is 6.92 Å². The zero-order chi connectivity index (χ0) is 13.2. The standard InChI is InChI=1S/C13H10N2O3S/c1-8-4-10(15-18-8)6-17-13(16)9-2-3-11-12(5-9)19-7-14-11/h2-5,7H,6H2,1H3. The van der Waals surface area contributed by atoms with Crippen molar-refractivity contribution in [1.82, 2.24) is 10.1 Å². The predicted molar refractivity (Wildman–Crippen MR) is 70.0 cm³/mol. The molecule has 19 heavy (non-hydrogen) atoms. The molecule has 0 unspecified atom stereocenters. The van der Waals surface area contributed by atoms with E-state index in [1.807, 2.05) is 6.07 Å². The molecule has 96 valence electrons. The molecule has 0 atom stereocenters. The van der Waals surface area contributed by atoms with Crippen molar-refractivity contribution in [2.24, 2.45) is 0 Å². The third kappa shape index (κ3) is 2.48. The zero-order valence-corrected chi connectivity index (χ0v) is 10.9. The number of carbonyl (C=O) groups is 1. The summed E-state index contributed by atoms with van der Waals surface area (Å²) in [5.41, 5.74) is 3.74. The summed E-state index contributed by atoms with van der Waals surface area (Å²) in [7, 11) is 0. The summed E-state index contributed by atoms with van der Waals surface area (Å²) in [5, 5.41) is 3.76. The minimum atomic E-state index is -0.379. The van der Waals surface area contributed by atoms with Crippen molar-refractivity contribution >= 4 is 27.5 Å². The van der Waals surface area contributed by atoms with Gasteiger partial charge in [-0.05, 0) is 25.1 Å². The number of hydrogen-bond acceptors (Lipinski definition) is 6. The minimum Gasteiger partial charge on any atom is -0.455 e. The Morgan fingerprint density at radius 2 is 2.32 bits per heavy atom. The van der Waals surface area contributed by atoms with Gasteiger partial charge >= 0.3 is 5.97 Å². The molecule has 6 heteroatoms. The van der Waals surface area contributed by atoms with E-state index in [9.17, 15) is 4.79 Å². The van der Waals surface area contributed by atoms with Crippen LogP contribution in [0.3, 0.4) is 0 Å². The number of benzene rings is 1. The van der Waals surface area contributed by atoms with Crippen LogP contribution in [0.4, 0.5) is 0 Å². The number of aromatic nitrogens is 2. The highest BCUT2D eigenvalue weighted by molar-refractivity contribution is 7.16. The van der Waals surface area contributed by atoms with Gasteiger partial charge in [-0.15, -0.1) is 11.3 Å². The van der Waals surface area contributed by atoms with Crippen LogP contribution < -0.4 is 0 Å². The SMILES string of the molecule is Cc1cc(COC(=O)c2ccc3ncsc3c2)no1. The summed E-state index contributed by atoms with van der Waals surface area (Å²) in [6.45, 7) is 1.90. The summed E-state index contributed by atoms with van der Waals surface area (Å²) in [4.78, 5) is 16.1. The van der Waals surface area contributed by atoms with E-state index in [1.54, 1.807) is 30.6 Å². The van der Waals surface area contributed by atoms with Gasteiger partial charge in [0.15, 0.2) is 0 Å². The summed E-state index contributed by atoms with van der Waals surface area (Å²) in [5.74, 6) is 0.313. The largest absolute Gasteiger partial charge is 0.455 e. The number of fused-ring (bicyclic) bond motifs is 1. The zero-order valence-electron chi connectivity index (χ0n) is 10.1. The summed E-state index contributed by atoms with van der Waals surface area (Å²) < 4.78 is 11.0. The first-order valence-electron chi connectivity index (χ1n) is 5.65. The van der Waals surface area contributed by atoms with Gasteiger partial charge in [0.05, 0.1) is 21.3 Å². The fraction of sp³-hybridized carbons (Fsp3) is 0.154. The smallest absolute Gasteiger partial charge is 0.338 e. The summed E-state index contributed by atoms with van der Waals surface area (Å²) >= 11 is 1.49. The Labute approximate surface area is 112 Å². The van der Waals surface area contributed by atoms with E-state index in [1.165, 1.54) is 11.3 Å². The number of thiazole rings is 1. The van der Waals surface area contributed by atoms with Crippen LogP contribution in [-0.4, -0.2) is 16.1 Å². The van der Waals surface area contributed by atoms with E-state index in [0.717, 1.165) is 10.2 Å². The molecule has 0 fully saturated rings. The van der Waals surface area contributed by atoms with Crippen LogP contribution in [-0.2, 0) is 11.3 Å². The highest BCUT2D eigenvalue weighted by atomic mass is 32.1. The Kier molecular flexibility index (Phi) is 3.00. The normalized spacial score (nSPS) is 10.8. The van der Waals surface area contributed by atoms with Gasteiger partial charge in [-0.2, -0.15) is 0 Å². The molecule has 0 bridgehead atoms. The van der Waals surface area contributed by atoms with E-state index in [2.05, 4.69) is 10.1 Å². The van der Waals surface area contributed by atoms with Crippen LogP contribution in [0.15, 0.2) is 34.3 Å². The van der Waals surface area contributed by atoms with Crippen molar-refractivity contribution in [1.29, 1.82) is 0 Å². The maximum Gasteiger partial charge on any atom is 0.338 e. The molecule has 0 amide bonds. The Morgan fingerprint density at radius 3 is 3.11 bits per heavy atom. The highest BCUT2D eigenvalue weighted by Gasteiger charge is 2.10. The van der Waals surface area contributed by atoms with Gasteiger partial charge in [-0.25, -0.2) is 9.78 Å². The van der Waals surface area contributed by atoms with Gasteiger partial charge in [0, 0.05) is 6.07 Å². The Balaban J connectivity index is 1.72. The van der Waals surface area contributed by atoms with Crippen LogP contribution in [0.5, 0.6) is 0 Å². The van der Waals surface area contributed by atoms with Crippen molar-refractivity contribution < 1.29 is 14.1 Å². The number of ether oxygens (including phenoxy) is 1. The molecule has 0 aliphatic rings. The highest BCUT2D eigenvalue weighted by Crippen LogP contribution is 2.19. The molecule has 0 aliphatic heterocycles. The first kappa shape index (κ1) is 11.9. The predicted octanol–water partition coefficient (Wildman–Crippen LogP) is 2.95. The third-order valence-corrected chi connectivity index (χ3v) is 3.39. The lowest BCUT2D eigenvalue weighted by Gasteiger charge is -2.02. The second-order valence-corrected chi connectivity index (χ2v) is 4.93. The molecule has 0 spiro atoms. The average molecular weight is 274 g/mol.